The van der Waals surface area contributed by atoms with Gasteiger partial charge in [-0.05, 0) is 45.1 Å². The third kappa shape index (κ3) is 7.11. The Balaban J connectivity index is 0.000000158. The van der Waals surface area contributed by atoms with Gasteiger partial charge in [-0.25, -0.2) is 0 Å². The molecule has 0 N–H and O–H groups in total. The van der Waals surface area contributed by atoms with Crippen molar-refractivity contribution in [2.24, 2.45) is 0 Å². The summed E-state index contributed by atoms with van der Waals surface area (Å²) in [6.45, 7) is 0. The fourth-order valence-electron chi connectivity index (χ4n) is 5.26. The summed E-state index contributed by atoms with van der Waals surface area (Å²) < 4.78 is 1.85. The molecular formula is C42H29IrN3-2. The minimum Gasteiger partial charge on any atom is -0.296 e. The fourth-order valence-corrected chi connectivity index (χ4v) is 5.26. The SMILES string of the molecule is [Ir].[c-]1ccc(-c2ccccc2)cc1-c1ccc2ccccc2n1.[c-]1ccccc1-n1cc(-c2ccc(-c3ccccc3)cc2)cn1. The predicted molar refractivity (Wildman–Crippen MR) is 185 cm³/mol. The molecular weight excluding hydrogens is 739 g/mol. The molecule has 46 heavy (non-hydrogen) atoms. The molecule has 0 aliphatic rings. The van der Waals surface area contributed by atoms with E-state index in [1.54, 1.807) is 0 Å². The Bertz CT molecular complexity index is 2140. The van der Waals surface area contributed by atoms with E-state index < -0.39 is 0 Å². The molecule has 3 nitrogen and oxygen atoms in total. The number of fused-ring (bicyclic) bond motifs is 1. The minimum atomic E-state index is 0. The van der Waals surface area contributed by atoms with Crippen molar-refractivity contribution in [2.45, 2.75) is 0 Å². The molecule has 0 atom stereocenters. The maximum absolute atomic E-state index is 4.75. The Morgan fingerprint density at radius 2 is 1.11 bits per heavy atom. The van der Waals surface area contributed by atoms with E-state index in [0.717, 1.165) is 39.0 Å². The van der Waals surface area contributed by atoms with Crippen molar-refractivity contribution in [3.63, 3.8) is 0 Å². The Labute approximate surface area is 283 Å². The molecule has 0 unspecified atom stereocenters. The van der Waals surface area contributed by atoms with Crippen LogP contribution < -0.4 is 0 Å². The third-order valence-electron chi connectivity index (χ3n) is 7.63. The molecule has 0 saturated carbocycles. The molecule has 0 spiro atoms. The summed E-state index contributed by atoms with van der Waals surface area (Å²) in [7, 11) is 0. The summed E-state index contributed by atoms with van der Waals surface area (Å²) in [5.41, 5.74) is 11.0. The van der Waals surface area contributed by atoms with E-state index in [-0.39, 0.29) is 20.1 Å². The van der Waals surface area contributed by atoms with E-state index in [0.29, 0.717) is 0 Å². The Morgan fingerprint density at radius 3 is 1.83 bits per heavy atom. The number of pyridine rings is 1. The molecule has 0 amide bonds. The van der Waals surface area contributed by atoms with Crippen LogP contribution in [0.3, 0.4) is 0 Å². The molecule has 0 aliphatic carbocycles. The molecule has 4 heteroatoms. The van der Waals surface area contributed by atoms with Crippen molar-refractivity contribution < 1.29 is 20.1 Å². The molecule has 0 saturated heterocycles. The molecule has 2 heterocycles. The van der Waals surface area contributed by atoms with Gasteiger partial charge in [-0.2, -0.15) is 29.4 Å². The molecule has 0 fully saturated rings. The van der Waals surface area contributed by atoms with Gasteiger partial charge in [0, 0.05) is 31.9 Å². The first-order chi connectivity index (χ1) is 22.3. The van der Waals surface area contributed by atoms with Crippen LogP contribution in [-0.2, 0) is 20.1 Å². The second kappa shape index (κ2) is 14.6. The van der Waals surface area contributed by atoms with E-state index >= 15 is 0 Å². The van der Waals surface area contributed by atoms with E-state index in [4.69, 9.17) is 4.98 Å². The largest absolute Gasteiger partial charge is 0.296 e. The predicted octanol–water partition coefficient (Wildman–Crippen LogP) is 10.4. The Kier molecular flexibility index (Phi) is 9.70. The molecule has 223 valence electrons. The van der Waals surface area contributed by atoms with Gasteiger partial charge in [0.2, 0.25) is 0 Å². The number of aromatic nitrogens is 3. The zero-order valence-electron chi connectivity index (χ0n) is 24.9. The molecule has 2 aromatic heterocycles. The summed E-state index contributed by atoms with van der Waals surface area (Å²) in [5, 5.41) is 5.59. The van der Waals surface area contributed by atoms with Gasteiger partial charge in [0.15, 0.2) is 0 Å². The van der Waals surface area contributed by atoms with Gasteiger partial charge in [-0.15, -0.1) is 41.5 Å². The van der Waals surface area contributed by atoms with Crippen LogP contribution in [0, 0.1) is 12.1 Å². The topological polar surface area (TPSA) is 30.7 Å². The first kappa shape index (κ1) is 30.6. The number of hydrogen-bond acceptors (Lipinski definition) is 2. The first-order valence-corrected chi connectivity index (χ1v) is 14.9. The van der Waals surface area contributed by atoms with Crippen LogP contribution in [-0.4, -0.2) is 14.8 Å². The minimum absolute atomic E-state index is 0. The summed E-state index contributed by atoms with van der Waals surface area (Å²) in [6, 6.07) is 62.2. The smallest absolute Gasteiger partial charge is 0.0595 e. The molecule has 0 aliphatic heterocycles. The van der Waals surface area contributed by atoms with E-state index in [9.17, 15) is 0 Å². The Hall–Kier alpha value is -5.41. The number of benzene rings is 6. The maximum Gasteiger partial charge on any atom is 0.0595 e. The molecule has 1 radical (unpaired) electrons. The van der Waals surface area contributed by atoms with Crippen LogP contribution in [0.5, 0.6) is 0 Å². The van der Waals surface area contributed by atoms with Crippen LogP contribution >= 0.6 is 0 Å². The standard InChI is InChI=1S/C21H15N2.C21H14N.Ir/c1-3-7-17(8-4-1)18-11-13-19(14-12-18)20-15-22-23(16-20)21-9-5-2-6-10-21;1-2-7-16(8-3-1)18-10-6-11-19(15-18)21-14-13-17-9-4-5-12-20(17)22-21;/h1-9,11-16H;1-10,12-15H;/q2*-1;. The Morgan fingerprint density at radius 1 is 0.478 bits per heavy atom. The molecule has 0 bridgehead atoms. The van der Waals surface area contributed by atoms with E-state index in [1.165, 1.54) is 22.3 Å². The number of nitrogens with zero attached hydrogens (tertiary/aromatic N) is 3. The second-order valence-electron chi connectivity index (χ2n) is 10.6. The van der Waals surface area contributed by atoms with Gasteiger partial charge < -0.3 is 0 Å². The quantitative estimate of drug-likeness (QED) is 0.163. The number of para-hydroxylation sites is 2. The van der Waals surface area contributed by atoms with Crippen LogP contribution in [0.25, 0.3) is 61.2 Å². The van der Waals surface area contributed by atoms with Gasteiger partial charge in [0.25, 0.3) is 0 Å². The molecule has 6 aromatic carbocycles. The summed E-state index contributed by atoms with van der Waals surface area (Å²) in [4.78, 5) is 4.75. The zero-order valence-corrected chi connectivity index (χ0v) is 27.3. The van der Waals surface area contributed by atoms with Gasteiger partial charge >= 0.3 is 0 Å². The van der Waals surface area contributed by atoms with Crippen molar-refractivity contribution in [3.8, 4) is 50.3 Å². The first-order valence-electron chi connectivity index (χ1n) is 14.9. The van der Waals surface area contributed by atoms with Crippen molar-refractivity contribution in [1.82, 2.24) is 14.8 Å². The van der Waals surface area contributed by atoms with Gasteiger partial charge in [0.1, 0.15) is 0 Å². The van der Waals surface area contributed by atoms with Crippen LogP contribution in [0.1, 0.15) is 0 Å². The molecule has 8 aromatic rings. The maximum atomic E-state index is 4.75. The number of hydrogen-bond donors (Lipinski definition) is 0. The van der Waals surface area contributed by atoms with Gasteiger partial charge in [-0.3, -0.25) is 9.67 Å². The van der Waals surface area contributed by atoms with Crippen LogP contribution in [0.15, 0.2) is 176 Å². The second-order valence-corrected chi connectivity index (χ2v) is 10.6. The van der Waals surface area contributed by atoms with Crippen LogP contribution in [0.4, 0.5) is 0 Å². The van der Waals surface area contributed by atoms with E-state index in [2.05, 4.69) is 120 Å². The summed E-state index contributed by atoms with van der Waals surface area (Å²) in [6.07, 6.45) is 3.92. The van der Waals surface area contributed by atoms with Crippen molar-refractivity contribution in [2.75, 3.05) is 0 Å². The van der Waals surface area contributed by atoms with Crippen molar-refractivity contribution in [1.29, 1.82) is 0 Å². The molecule has 8 rings (SSSR count). The normalized spacial score (nSPS) is 10.4. The monoisotopic (exact) mass is 768 g/mol. The van der Waals surface area contributed by atoms with Gasteiger partial charge in [-0.1, -0.05) is 115 Å². The zero-order chi connectivity index (χ0) is 30.3. The van der Waals surface area contributed by atoms with E-state index in [1.807, 2.05) is 77.7 Å². The third-order valence-corrected chi connectivity index (χ3v) is 7.63. The summed E-state index contributed by atoms with van der Waals surface area (Å²) in [5.74, 6) is 0. The van der Waals surface area contributed by atoms with Crippen molar-refractivity contribution >= 4 is 10.9 Å². The fraction of sp³-hybridized carbons (Fsp3) is 0. The van der Waals surface area contributed by atoms with Crippen molar-refractivity contribution in [3.05, 3.63) is 188 Å². The van der Waals surface area contributed by atoms with Crippen LogP contribution in [0.2, 0.25) is 0 Å². The summed E-state index contributed by atoms with van der Waals surface area (Å²) >= 11 is 0. The van der Waals surface area contributed by atoms with Gasteiger partial charge in [0.05, 0.1) is 11.7 Å². The number of rotatable bonds is 5. The average molecular weight is 768 g/mol. The average Bonchev–Trinajstić information content (AvgIpc) is 3.64.